The molecule has 0 aliphatic rings. The molecule has 0 spiro atoms. The SMILES string of the molecule is C=CCOC(=O)NC[C@@H](CNC(C)=O)Cc1ccccc1. The van der Waals surface area contributed by atoms with E-state index in [1.807, 2.05) is 30.3 Å². The molecule has 0 bridgehead atoms. The highest BCUT2D eigenvalue weighted by atomic mass is 16.5. The molecule has 0 aromatic heterocycles. The number of nitrogens with one attached hydrogen (secondary N) is 2. The number of amides is 2. The molecule has 1 aromatic rings. The van der Waals surface area contributed by atoms with E-state index in [-0.39, 0.29) is 18.4 Å². The Morgan fingerprint density at radius 2 is 1.90 bits per heavy atom. The first-order chi connectivity index (χ1) is 10.1. The van der Waals surface area contributed by atoms with Crippen molar-refractivity contribution in [2.24, 2.45) is 5.92 Å². The van der Waals surface area contributed by atoms with E-state index in [9.17, 15) is 9.59 Å². The number of benzene rings is 1. The maximum atomic E-state index is 11.4. The molecule has 114 valence electrons. The first-order valence-corrected chi connectivity index (χ1v) is 6.91. The van der Waals surface area contributed by atoms with E-state index in [2.05, 4.69) is 17.2 Å². The minimum absolute atomic E-state index is 0.0812. The number of alkyl carbamates (subject to hydrolysis) is 1. The lowest BCUT2D eigenvalue weighted by Gasteiger charge is -2.18. The summed E-state index contributed by atoms with van der Waals surface area (Å²) in [7, 11) is 0. The van der Waals surface area contributed by atoms with Crippen LogP contribution in [0.4, 0.5) is 4.79 Å². The lowest BCUT2D eigenvalue weighted by molar-refractivity contribution is -0.119. The van der Waals surface area contributed by atoms with Crippen molar-refractivity contribution in [3.63, 3.8) is 0 Å². The van der Waals surface area contributed by atoms with Crippen LogP contribution in [0.25, 0.3) is 0 Å². The Labute approximate surface area is 125 Å². The first-order valence-electron chi connectivity index (χ1n) is 6.91. The van der Waals surface area contributed by atoms with Crippen LogP contribution in [0.3, 0.4) is 0 Å². The van der Waals surface area contributed by atoms with Gasteiger partial charge in [-0.05, 0) is 17.9 Å². The minimum atomic E-state index is -0.476. The number of ether oxygens (including phenoxy) is 1. The summed E-state index contributed by atoms with van der Waals surface area (Å²) in [4.78, 5) is 22.5. The molecule has 0 saturated carbocycles. The Bertz CT molecular complexity index is 460. The predicted octanol–water partition coefficient (Wildman–Crippen LogP) is 1.89. The third kappa shape index (κ3) is 7.77. The summed E-state index contributed by atoms with van der Waals surface area (Å²) in [5, 5.41) is 5.49. The van der Waals surface area contributed by atoms with Crippen molar-refractivity contribution in [2.45, 2.75) is 13.3 Å². The summed E-state index contributed by atoms with van der Waals surface area (Å²) < 4.78 is 4.86. The molecule has 0 heterocycles. The molecule has 0 saturated heterocycles. The second-order valence-electron chi connectivity index (χ2n) is 4.76. The van der Waals surface area contributed by atoms with Gasteiger partial charge >= 0.3 is 6.09 Å². The Morgan fingerprint density at radius 3 is 2.52 bits per heavy atom. The fourth-order valence-corrected chi connectivity index (χ4v) is 1.87. The summed E-state index contributed by atoms with van der Waals surface area (Å²) in [5.74, 6) is 0.0230. The molecule has 5 nitrogen and oxygen atoms in total. The van der Waals surface area contributed by atoms with Crippen LogP contribution in [0.5, 0.6) is 0 Å². The molecule has 2 amide bonds. The monoisotopic (exact) mass is 290 g/mol. The number of hydrogen-bond acceptors (Lipinski definition) is 3. The number of carbonyl (C=O) groups is 2. The van der Waals surface area contributed by atoms with Gasteiger partial charge in [0.2, 0.25) is 5.91 Å². The van der Waals surface area contributed by atoms with Crippen LogP contribution in [-0.2, 0) is 16.0 Å². The quantitative estimate of drug-likeness (QED) is 0.719. The summed E-state index contributed by atoms with van der Waals surface area (Å²) in [6.45, 7) is 6.08. The maximum Gasteiger partial charge on any atom is 0.407 e. The zero-order valence-corrected chi connectivity index (χ0v) is 12.3. The van der Waals surface area contributed by atoms with Gasteiger partial charge in [0, 0.05) is 20.0 Å². The molecule has 2 N–H and O–H groups in total. The summed E-state index contributed by atoms with van der Waals surface area (Å²) in [6, 6.07) is 9.94. The zero-order valence-electron chi connectivity index (χ0n) is 12.3. The summed E-state index contributed by atoms with van der Waals surface area (Å²) >= 11 is 0. The van der Waals surface area contributed by atoms with Crippen molar-refractivity contribution >= 4 is 12.0 Å². The summed E-state index contributed by atoms with van der Waals surface area (Å²) in [5.41, 5.74) is 1.16. The Balaban J connectivity index is 2.49. The molecular formula is C16H22N2O3. The molecule has 1 aromatic carbocycles. The molecule has 1 atom stereocenters. The van der Waals surface area contributed by atoms with Crippen molar-refractivity contribution in [1.29, 1.82) is 0 Å². The van der Waals surface area contributed by atoms with E-state index in [0.29, 0.717) is 13.1 Å². The highest BCUT2D eigenvalue weighted by Gasteiger charge is 2.12. The average Bonchev–Trinajstić information content (AvgIpc) is 2.48. The van der Waals surface area contributed by atoms with Gasteiger partial charge in [-0.1, -0.05) is 43.0 Å². The topological polar surface area (TPSA) is 67.4 Å². The van der Waals surface area contributed by atoms with Crippen molar-refractivity contribution in [1.82, 2.24) is 10.6 Å². The van der Waals surface area contributed by atoms with Crippen LogP contribution in [0.1, 0.15) is 12.5 Å². The van der Waals surface area contributed by atoms with E-state index >= 15 is 0 Å². The van der Waals surface area contributed by atoms with E-state index in [1.54, 1.807) is 0 Å². The van der Waals surface area contributed by atoms with Crippen LogP contribution in [0.15, 0.2) is 43.0 Å². The molecule has 0 radical (unpaired) electrons. The standard InChI is InChI=1S/C16H22N2O3/c1-3-9-21-16(20)18-12-15(11-17-13(2)19)10-14-7-5-4-6-8-14/h3-8,15H,1,9-12H2,2H3,(H,17,19)(H,18,20)/t15-/m1/s1. The van der Waals surface area contributed by atoms with Gasteiger partial charge in [0.25, 0.3) is 0 Å². The van der Waals surface area contributed by atoms with Gasteiger partial charge in [0.05, 0.1) is 0 Å². The van der Waals surface area contributed by atoms with Gasteiger partial charge in [0.15, 0.2) is 0 Å². The smallest absolute Gasteiger partial charge is 0.407 e. The lowest BCUT2D eigenvalue weighted by Crippen LogP contribution is -2.37. The second-order valence-corrected chi connectivity index (χ2v) is 4.76. The number of rotatable bonds is 8. The third-order valence-corrected chi connectivity index (χ3v) is 2.87. The highest BCUT2D eigenvalue weighted by Crippen LogP contribution is 2.07. The van der Waals surface area contributed by atoms with Crippen molar-refractivity contribution in [3.8, 4) is 0 Å². The fraction of sp³-hybridized carbons (Fsp3) is 0.375. The highest BCUT2D eigenvalue weighted by molar-refractivity contribution is 5.72. The molecule has 21 heavy (non-hydrogen) atoms. The predicted molar refractivity (Wildman–Crippen MR) is 81.9 cm³/mol. The average molecular weight is 290 g/mol. The van der Waals surface area contributed by atoms with Gasteiger partial charge in [-0.25, -0.2) is 4.79 Å². The molecule has 0 unspecified atom stereocenters. The fourth-order valence-electron chi connectivity index (χ4n) is 1.87. The summed E-state index contributed by atoms with van der Waals surface area (Å²) in [6.07, 6.45) is 1.80. The Morgan fingerprint density at radius 1 is 1.24 bits per heavy atom. The van der Waals surface area contributed by atoms with Gasteiger partial charge in [0.1, 0.15) is 6.61 Å². The molecule has 5 heteroatoms. The zero-order chi connectivity index (χ0) is 15.5. The molecule has 0 aliphatic heterocycles. The van der Waals surface area contributed by atoms with Crippen LogP contribution in [-0.4, -0.2) is 31.7 Å². The third-order valence-electron chi connectivity index (χ3n) is 2.87. The van der Waals surface area contributed by atoms with Crippen molar-refractivity contribution in [3.05, 3.63) is 48.6 Å². The van der Waals surface area contributed by atoms with Gasteiger partial charge in [-0.2, -0.15) is 0 Å². The minimum Gasteiger partial charge on any atom is -0.445 e. The molecule has 0 fully saturated rings. The van der Waals surface area contributed by atoms with Crippen LogP contribution in [0, 0.1) is 5.92 Å². The van der Waals surface area contributed by atoms with Crippen LogP contribution >= 0.6 is 0 Å². The second kappa shape index (κ2) is 9.58. The van der Waals surface area contributed by atoms with Gasteiger partial charge in [-0.3, -0.25) is 4.79 Å². The van der Waals surface area contributed by atoms with E-state index < -0.39 is 6.09 Å². The van der Waals surface area contributed by atoms with Gasteiger partial charge < -0.3 is 15.4 Å². The Kier molecular flexibility index (Phi) is 7.64. The van der Waals surface area contributed by atoms with E-state index in [0.717, 1.165) is 12.0 Å². The number of hydrogen-bond donors (Lipinski definition) is 2. The maximum absolute atomic E-state index is 11.4. The Hall–Kier alpha value is -2.30. The first kappa shape index (κ1) is 16.8. The molecule has 1 rings (SSSR count). The van der Waals surface area contributed by atoms with Crippen LogP contribution < -0.4 is 10.6 Å². The molecular weight excluding hydrogens is 268 g/mol. The lowest BCUT2D eigenvalue weighted by atomic mass is 9.99. The van der Waals surface area contributed by atoms with Crippen LogP contribution in [0.2, 0.25) is 0 Å². The van der Waals surface area contributed by atoms with Gasteiger partial charge in [-0.15, -0.1) is 0 Å². The molecule has 0 aliphatic carbocycles. The normalized spacial score (nSPS) is 11.3. The number of carbonyl (C=O) groups excluding carboxylic acids is 2. The van der Waals surface area contributed by atoms with E-state index in [4.69, 9.17) is 4.74 Å². The van der Waals surface area contributed by atoms with Crippen molar-refractivity contribution < 1.29 is 14.3 Å². The largest absolute Gasteiger partial charge is 0.445 e. The van der Waals surface area contributed by atoms with E-state index in [1.165, 1.54) is 13.0 Å². The van der Waals surface area contributed by atoms with Crippen molar-refractivity contribution in [2.75, 3.05) is 19.7 Å².